The summed E-state index contributed by atoms with van der Waals surface area (Å²) in [6.07, 6.45) is 0. The molecule has 0 nitrogen and oxygen atoms in total. The van der Waals surface area contributed by atoms with Crippen LogP contribution in [0.5, 0.6) is 0 Å². The molecule has 4 aromatic carbocycles. The molecule has 0 fully saturated rings. The predicted molar refractivity (Wildman–Crippen MR) is 94.2 cm³/mol. The number of rotatable bonds is 0. The van der Waals surface area contributed by atoms with E-state index in [2.05, 4.69) is 63.2 Å². The van der Waals surface area contributed by atoms with E-state index in [1.807, 2.05) is 6.07 Å². The van der Waals surface area contributed by atoms with Crippen LogP contribution in [0.3, 0.4) is 0 Å². The van der Waals surface area contributed by atoms with Crippen LogP contribution in [0.4, 0.5) is 0 Å². The van der Waals surface area contributed by atoms with E-state index in [0.29, 0.717) is 0 Å². The number of hydrogen-bond acceptors (Lipinski definition) is 0. The van der Waals surface area contributed by atoms with Crippen molar-refractivity contribution in [3.63, 3.8) is 0 Å². The number of benzene rings is 4. The first kappa shape index (κ1) is 12.7. The van der Waals surface area contributed by atoms with Crippen LogP contribution in [0.15, 0.2) is 48.5 Å². The molecular weight excluding hydrogens is 251 g/mol. The molecule has 4 aromatic rings. The minimum absolute atomic E-state index is 0.156. The van der Waals surface area contributed by atoms with Gasteiger partial charge < -0.3 is 0 Å². The third kappa shape index (κ3) is 1.77. The average Bonchev–Trinajstić information content (AvgIpc) is 2.45. The van der Waals surface area contributed by atoms with E-state index in [4.69, 9.17) is 7.85 Å². The Bertz CT molecular complexity index is 955. The maximum Gasteiger partial charge on any atom is 0.114 e. The second-order valence-electron chi connectivity index (χ2n) is 6.98. The summed E-state index contributed by atoms with van der Waals surface area (Å²) in [4.78, 5) is 0. The highest BCUT2D eigenvalue weighted by molar-refractivity contribution is 6.42. The Balaban J connectivity index is 2.26. The highest BCUT2D eigenvalue weighted by Gasteiger charge is 2.17. The highest BCUT2D eigenvalue weighted by atomic mass is 14.2. The lowest BCUT2D eigenvalue weighted by Crippen LogP contribution is -2.11. The van der Waals surface area contributed by atoms with E-state index in [1.54, 1.807) is 0 Å². The molecule has 100 valence electrons. The van der Waals surface area contributed by atoms with Crippen molar-refractivity contribution in [2.24, 2.45) is 0 Å². The molecule has 1 heteroatoms. The zero-order chi connectivity index (χ0) is 14.8. The second kappa shape index (κ2) is 4.01. The molecule has 0 unspecified atom stereocenters. The summed E-state index contributed by atoms with van der Waals surface area (Å²) >= 11 is 0. The van der Waals surface area contributed by atoms with Gasteiger partial charge in [0, 0.05) is 0 Å². The lowest BCUT2D eigenvalue weighted by atomic mass is 9.81. The van der Waals surface area contributed by atoms with Gasteiger partial charge in [0.1, 0.15) is 7.85 Å². The van der Waals surface area contributed by atoms with Crippen molar-refractivity contribution in [3.05, 3.63) is 54.1 Å². The molecule has 4 rings (SSSR count). The van der Waals surface area contributed by atoms with Crippen molar-refractivity contribution in [1.82, 2.24) is 0 Å². The van der Waals surface area contributed by atoms with Crippen LogP contribution >= 0.6 is 0 Å². The minimum Gasteiger partial charge on any atom is -0.0889 e. The average molecular weight is 268 g/mol. The summed E-state index contributed by atoms with van der Waals surface area (Å²) in [6, 6.07) is 17.6. The maximum absolute atomic E-state index is 6.17. The van der Waals surface area contributed by atoms with Crippen LogP contribution in [0.1, 0.15) is 26.3 Å². The molecule has 0 heterocycles. The quantitative estimate of drug-likeness (QED) is 0.321. The Morgan fingerprint density at radius 3 is 1.95 bits per heavy atom. The van der Waals surface area contributed by atoms with Crippen LogP contribution in [0.2, 0.25) is 0 Å². The molecule has 0 amide bonds. The van der Waals surface area contributed by atoms with Crippen LogP contribution in [-0.4, -0.2) is 7.85 Å². The van der Waals surface area contributed by atoms with Gasteiger partial charge in [-0.1, -0.05) is 74.8 Å². The molecule has 0 N–H and O–H groups in total. The largest absolute Gasteiger partial charge is 0.114 e. The smallest absolute Gasteiger partial charge is 0.0889 e. The molecule has 2 radical (unpaired) electrons. The second-order valence-corrected chi connectivity index (χ2v) is 6.98. The summed E-state index contributed by atoms with van der Waals surface area (Å²) in [5, 5.41) is 7.67. The molecule has 21 heavy (non-hydrogen) atoms. The molecule has 0 aromatic heterocycles. The summed E-state index contributed by atoms with van der Waals surface area (Å²) in [5.74, 6) is 0. The van der Waals surface area contributed by atoms with Crippen molar-refractivity contribution in [1.29, 1.82) is 0 Å². The third-order valence-electron chi connectivity index (χ3n) is 4.50. The fourth-order valence-electron chi connectivity index (χ4n) is 3.27. The Labute approximate surface area is 126 Å². The zero-order valence-corrected chi connectivity index (χ0v) is 12.7. The van der Waals surface area contributed by atoms with Crippen LogP contribution in [0.25, 0.3) is 32.3 Å². The molecule has 0 aliphatic carbocycles. The first-order chi connectivity index (χ1) is 9.95. The lowest BCUT2D eigenvalue weighted by Gasteiger charge is -2.21. The van der Waals surface area contributed by atoms with E-state index in [-0.39, 0.29) is 5.41 Å². The van der Waals surface area contributed by atoms with Crippen LogP contribution < -0.4 is 5.46 Å². The predicted octanol–water partition coefficient (Wildman–Crippen LogP) is 4.68. The summed E-state index contributed by atoms with van der Waals surface area (Å²) in [5.41, 5.74) is 2.39. The van der Waals surface area contributed by atoms with Gasteiger partial charge >= 0.3 is 0 Å². The first-order valence-corrected chi connectivity index (χ1v) is 7.43. The Morgan fingerprint density at radius 2 is 1.29 bits per heavy atom. The molecule has 0 bridgehead atoms. The minimum atomic E-state index is 0.156. The van der Waals surface area contributed by atoms with Crippen molar-refractivity contribution in [3.8, 4) is 0 Å². The maximum atomic E-state index is 6.17. The van der Waals surface area contributed by atoms with Crippen molar-refractivity contribution >= 4 is 45.6 Å². The van der Waals surface area contributed by atoms with Crippen molar-refractivity contribution in [2.45, 2.75) is 26.2 Å². The van der Waals surface area contributed by atoms with Crippen LogP contribution in [0, 0.1) is 0 Å². The Morgan fingerprint density at radius 1 is 0.714 bits per heavy atom. The number of hydrogen-bond donors (Lipinski definition) is 0. The van der Waals surface area contributed by atoms with Crippen LogP contribution in [-0.2, 0) is 5.41 Å². The Hall–Kier alpha value is -2.02. The molecular formula is C20H17B. The van der Waals surface area contributed by atoms with Crippen molar-refractivity contribution < 1.29 is 0 Å². The molecule has 0 aliphatic heterocycles. The fraction of sp³-hybridized carbons (Fsp3) is 0.200. The zero-order valence-electron chi connectivity index (χ0n) is 12.7. The highest BCUT2D eigenvalue weighted by Crippen LogP contribution is 2.36. The van der Waals surface area contributed by atoms with E-state index in [1.165, 1.54) is 32.5 Å². The van der Waals surface area contributed by atoms with Crippen molar-refractivity contribution in [2.75, 3.05) is 0 Å². The van der Waals surface area contributed by atoms with Gasteiger partial charge in [0.15, 0.2) is 0 Å². The monoisotopic (exact) mass is 268 g/mol. The summed E-state index contributed by atoms with van der Waals surface area (Å²) < 4.78 is 0. The summed E-state index contributed by atoms with van der Waals surface area (Å²) in [6.45, 7) is 6.79. The molecule has 0 spiro atoms. The molecule has 0 saturated carbocycles. The van der Waals surface area contributed by atoms with Gasteiger partial charge in [-0.15, -0.1) is 0 Å². The first-order valence-electron chi connectivity index (χ1n) is 7.43. The Kier molecular flexibility index (Phi) is 2.42. The van der Waals surface area contributed by atoms with E-state index in [9.17, 15) is 0 Å². The summed E-state index contributed by atoms with van der Waals surface area (Å²) in [7, 11) is 6.17. The third-order valence-corrected chi connectivity index (χ3v) is 4.50. The van der Waals surface area contributed by atoms with E-state index >= 15 is 0 Å². The van der Waals surface area contributed by atoms with Gasteiger partial charge in [0.25, 0.3) is 0 Å². The lowest BCUT2D eigenvalue weighted by molar-refractivity contribution is 0.591. The van der Waals surface area contributed by atoms with Gasteiger partial charge in [-0.05, 0) is 43.3 Å². The van der Waals surface area contributed by atoms with Gasteiger partial charge in [-0.2, -0.15) is 0 Å². The van der Waals surface area contributed by atoms with Gasteiger partial charge in [-0.25, -0.2) is 0 Å². The normalized spacial score (nSPS) is 12.7. The fourth-order valence-corrected chi connectivity index (χ4v) is 3.27. The topological polar surface area (TPSA) is 0 Å². The molecule has 0 atom stereocenters. The standard InChI is InChI=1S/C20H17B/c1-20(2,3)15-10-13-5-4-12-7-9-17(21)16-8-6-14(11-15)18(13)19(12)16/h4-11H,1-3H3. The van der Waals surface area contributed by atoms with Gasteiger partial charge in [0.2, 0.25) is 0 Å². The molecule has 0 saturated heterocycles. The molecule has 0 aliphatic rings. The van der Waals surface area contributed by atoms with Gasteiger partial charge in [-0.3, -0.25) is 0 Å². The van der Waals surface area contributed by atoms with E-state index < -0.39 is 0 Å². The SMILES string of the molecule is [B]c1ccc2ccc3cc(C(C)(C)C)cc4ccc1c2c34. The van der Waals surface area contributed by atoms with E-state index in [0.717, 1.165) is 10.8 Å². The van der Waals surface area contributed by atoms with Gasteiger partial charge in [0.05, 0.1) is 0 Å².